The zero-order valence-corrected chi connectivity index (χ0v) is 19.3. The van der Waals surface area contributed by atoms with Gasteiger partial charge in [-0.3, -0.25) is 4.79 Å². The second-order valence-electron chi connectivity index (χ2n) is 7.87. The Hall–Kier alpha value is -3.46. The zero-order chi connectivity index (χ0) is 22.9. The molecular formula is C24H23N3O5S. The lowest BCUT2D eigenvalue weighted by atomic mass is 10.2. The summed E-state index contributed by atoms with van der Waals surface area (Å²) in [5.74, 6) is 2.79. The van der Waals surface area contributed by atoms with Crippen LogP contribution >= 0.6 is 11.8 Å². The summed E-state index contributed by atoms with van der Waals surface area (Å²) in [6.07, 6.45) is 1.44. The lowest BCUT2D eigenvalue weighted by Gasteiger charge is -2.27. The summed E-state index contributed by atoms with van der Waals surface area (Å²) in [6.45, 7) is 6.84. The normalized spacial score (nSPS) is 15.1. The molecule has 8 nitrogen and oxygen atoms in total. The lowest BCUT2D eigenvalue weighted by molar-refractivity contribution is 0.0777. The molecule has 0 saturated carbocycles. The van der Waals surface area contributed by atoms with Crippen molar-refractivity contribution in [2.45, 2.75) is 38.6 Å². The molecule has 0 spiro atoms. The van der Waals surface area contributed by atoms with Crippen LogP contribution in [0, 0.1) is 20.8 Å². The van der Waals surface area contributed by atoms with Gasteiger partial charge in [0, 0.05) is 17.0 Å². The highest BCUT2D eigenvalue weighted by Crippen LogP contribution is 2.32. The minimum Gasteiger partial charge on any atom is -0.486 e. The Balaban J connectivity index is 1.24. The molecule has 33 heavy (non-hydrogen) atoms. The van der Waals surface area contributed by atoms with Gasteiger partial charge in [0.15, 0.2) is 23.4 Å². The Bertz CT molecular complexity index is 1310. The van der Waals surface area contributed by atoms with Crippen LogP contribution in [0.5, 0.6) is 11.5 Å². The summed E-state index contributed by atoms with van der Waals surface area (Å²) in [4.78, 5) is 13.0. The Morgan fingerprint density at radius 1 is 1.15 bits per heavy atom. The monoisotopic (exact) mass is 465 g/mol. The first-order valence-electron chi connectivity index (χ1n) is 10.6. The van der Waals surface area contributed by atoms with Crippen molar-refractivity contribution < 1.29 is 23.1 Å². The number of fused-ring (bicyclic) bond motifs is 1. The van der Waals surface area contributed by atoms with E-state index in [0.717, 1.165) is 28.5 Å². The topological polar surface area (TPSA) is 92.5 Å². The smallest absolute Gasteiger partial charge is 0.277 e. The molecule has 0 bridgehead atoms. The van der Waals surface area contributed by atoms with Crippen LogP contribution in [0.2, 0.25) is 0 Å². The number of benzene rings is 1. The van der Waals surface area contributed by atoms with Gasteiger partial charge in [-0.2, -0.15) is 0 Å². The van der Waals surface area contributed by atoms with E-state index in [1.807, 2.05) is 51.1 Å². The number of thioether (sulfide) groups is 1. The minimum atomic E-state index is -0.134. The van der Waals surface area contributed by atoms with Crippen molar-refractivity contribution in [1.82, 2.24) is 14.8 Å². The molecule has 1 atom stereocenters. The first-order valence-corrected chi connectivity index (χ1v) is 11.6. The highest BCUT2D eigenvalue weighted by molar-refractivity contribution is 7.99. The van der Waals surface area contributed by atoms with E-state index >= 15 is 0 Å². The van der Waals surface area contributed by atoms with Crippen molar-refractivity contribution in [3.63, 3.8) is 0 Å². The third kappa shape index (κ3) is 4.28. The van der Waals surface area contributed by atoms with Gasteiger partial charge in [0.25, 0.3) is 11.1 Å². The van der Waals surface area contributed by atoms with Crippen LogP contribution in [0.4, 0.5) is 0 Å². The number of hydrogen-bond acceptors (Lipinski definition) is 8. The molecule has 1 aromatic carbocycles. The number of carbonyl (C=O) groups excluding carboxylic acids is 1. The SMILES string of the molecule is Cc1occc1-c1nnc(SCC(=O)c2cc(C)n(C[C@@H]3COc4ccccc4O3)c2C)o1. The molecule has 5 rings (SSSR count). The van der Waals surface area contributed by atoms with Crippen molar-refractivity contribution in [2.24, 2.45) is 0 Å². The second kappa shape index (κ2) is 8.82. The number of ether oxygens (including phenoxy) is 2. The maximum atomic E-state index is 13.0. The molecule has 1 aliphatic heterocycles. The molecule has 4 aromatic rings. The van der Waals surface area contributed by atoms with Gasteiger partial charge in [0.2, 0.25) is 0 Å². The van der Waals surface area contributed by atoms with E-state index in [1.165, 1.54) is 11.8 Å². The van der Waals surface area contributed by atoms with E-state index in [4.69, 9.17) is 18.3 Å². The standard InChI is InChI=1S/C24H23N3O5S/c1-14-10-19(15(2)27(14)11-17-12-30-21-6-4-5-7-22(21)31-17)20(28)13-33-24-26-25-23(32-24)18-8-9-29-16(18)3/h4-10,17H,11-13H2,1-3H3/t17-/m1/s1. The van der Waals surface area contributed by atoms with E-state index in [0.29, 0.717) is 35.6 Å². The average Bonchev–Trinajstić information content (AvgIpc) is 3.53. The summed E-state index contributed by atoms with van der Waals surface area (Å²) < 4.78 is 25.0. The molecule has 0 amide bonds. The first kappa shape index (κ1) is 21.4. The summed E-state index contributed by atoms with van der Waals surface area (Å²) in [5, 5.41) is 8.43. The summed E-state index contributed by atoms with van der Waals surface area (Å²) in [6, 6.07) is 11.3. The van der Waals surface area contributed by atoms with Gasteiger partial charge >= 0.3 is 0 Å². The third-order valence-corrected chi connectivity index (χ3v) is 6.47. The van der Waals surface area contributed by atoms with Crippen LogP contribution < -0.4 is 9.47 Å². The molecule has 0 N–H and O–H groups in total. The zero-order valence-electron chi connectivity index (χ0n) is 18.5. The van der Waals surface area contributed by atoms with Crippen LogP contribution in [0.15, 0.2) is 56.7 Å². The number of furan rings is 1. The number of aryl methyl sites for hydroxylation is 2. The molecule has 0 saturated heterocycles. The highest BCUT2D eigenvalue weighted by atomic mass is 32.2. The fourth-order valence-corrected chi connectivity index (χ4v) is 4.56. The van der Waals surface area contributed by atoms with Crippen LogP contribution in [0.3, 0.4) is 0 Å². The van der Waals surface area contributed by atoms with Gasteiger partial charge in [0.1, 0.15) is 12.4 Å². The number of rotatable bonds is 7. The molecule has 1 aliphatic rings. The minimum absolute atomic E-state index is 0.00440. The summed E-state index contributed by atoms with van der Waals surface area (Å²) in [5.41, 5.74) is 3.34. The number of para-hydroxylation sites is 2. The third-order valence-electron chi connectivity index (χ3n) is 5.65. The first-order chi connectivity index (χ1) is 16.0. The molecular weight excluding hydrogens is 442 g/mol. The Labute approximate surface area is 194 Å². The second-order valence-corrected chi connectivity index (χ2v) is 8.80. The summed E-state index contributed by atoms with van der Waals surface area (Å²) >= 11 is 1.22. The number of nitrogens with zero attached hydrogens (tertiary/aromatic N) is 3. The average molecular weight is 466 g/mol. The van der Waals surface area contributed by atoms with Gasteiger partial charge in [-0.05, 0) is 45.0 Å². The maximum absolute atomic E-state index is 13.0. The summed E-state index contributed by atoms with van der Waals surface area (Å²) in [7, 11) is 0. The largest absolute Gasteiger partial charge is 0.486 e. The van der Waals surface area contributed by atoms with Crippen molar-refractivity contribution in [2.75, 3.05) is 12.4 Å². The lowest BCUT2D eigenvalue weighted by Crippen LogP contribution is -2.33. The molecule has 170 valence electrons. The number of ketones is 1. The van der Waals surface area contributed by atoms with E-state index in [-0.39, 0.29) is 17.6 Å². The molecule has 0 unspecified atom stereocenters. The predicted octanol–water partition coefficient (Wildman–Crippen LogP) is 4.87. The molecule has 9 heteroatoms. The van der Waals surface area contributed by atoms with Crippen molar-refractivity contribution in [3.05, 3.63) is 65.4 Å². The molecule has 0 radical (unpaired) electrons. The molecule has 0 aliphatic carbocycles. The van der Waals surface area contributed by atoms with E-state index < -0.39 is 0 Å². The van der Waals surface area contributed by atoms with Crippen LogP contribution in [0.25, 0.3) is 11.5 Å². The van der Waals surface area contributed by atoms with Crippen molar-refractivity contribution in [1.29, 1.82) is 0 Å². The maximum Gasteiger partial charge on any atom is 0.277 e. The fourth-order valence-electron chi connectivity index (χ4n) is 3.91. The van der Waals surface area contributed by atoms with E-state index in [9.17, 15) is 4.79 Å². The molecule has 4 heterocycles. The van der Waals surface area contributed by atoms with Gasteiger partial charge in [0.05, 0.1) is 24.1 Å². The number of hydrogen-bond donors (Lipinski definition) is 0. The van der Waals surface area contributed by atoms with Gasteiger partial charge in [-0.25, -0.2) is 0 Å². The van der Waals surface area contributed by atoms with E-state index in [1.54, 1.807) is 12.3 Å². The fraction of sp³-hybridized carbons (Fsp3) is 0.292. The van der Waals surface area contributed by atoms with Crippen LogP contribution in [-0.4, -0.2) is 39.0 Å². The number of aromatic nitrogens is 3. The van der Waals surface area contributed by atoms with Gasteiger partial charge in [-0.1, -0.05) is 23.9 Å². The Morgan fingerprint density at radius 3 is 2.76 bits per heavy atom. The van der Waals surface area contributed by atoms with Crippen LogP contribution in [0.1, 0.15) is 27.5 Å². The van der Waals surface area contributed by atoms with E-state index in [2.05, 4.69) is 14.8 Å². The van der Waals surface area contributed by atoms with Crippen molar-refractivity contribution in [3.8, 4) is 23.0 Å². The quantitative estimate of drug-likeness (QED) is 0.282. The number of carbonyl (C=O) groups is 1. The Kier molecular flexibility index (Phi) is 5.72. The molecule has 0 fully saturated rings. The molecule has 3 aromatic heterocycles. The van der Waals surface area contributed by atoms with Gasteiger partial charge in [-0.15, -0.1) is 10.2 Å². The Morgan fingerprint density at radius 2 is 1.97 bits per heavy atom. The highest BCUT2D eigenvalue weighted by Gasteiger charge is 2.24. The van der Waals surface area contributed by atoms with Gasteiger partial charge < -0.3 is 22.9 Å². The van der Waals surface area contributed by atoms with Crippen molar-refractivity contribution >= 4 is 17.5 Å². The predicted molar refractivity (Wildman–Crippen MR) is 122 cm³/mol. The number of Topliss-reactive ketones (excluding diaryl/α,β-unsaturated/α-hetero) is 1. The van der Waals surface area contributed by atoms with Crippen LogP contribution in [-0.2, 0) is 6.54 Å².